The second kappa shape index (κ2) is 7.05. The van der Waals surface area contributed by atoms with E-state index in [0.717, 1.165) is 10.6 Å². The maximum Gasteiger partial charge on any atom is 0.300 e. The average molecular weight is 307 g/mol. The van der Waals surface area contributed by atoms with Gasteiger partial charge in [-0.3, -0.25) is 10.2 Å². The van der Waals surface area contributed by atoms with Crippen LogP contribution in [-0.4, -0.2) is 12.5 Å². The summed E-state index contributed by atoms with van der Waals surface area (Å²) in [6, 6.07) is 8.85. The van der Waals surface area contributed by atoms with Crippen LogP contribution in [-0.2, 0) is 5.75 Å². The Hall–Kier alpha value is -2.12. The molecule has 0 saturated carbocycles. The Morgan fingerprint density at radius 1 is 1.38 bits per heavy atom. The van der Waals surface area contributed by atoms with Crippen molar-refractivity contribution in [3.05, 3.63) is 41.9 Å². The fourth-order valence-corrected chi connectivity index (χ4v) is 2.58. The van der Waals surface area contributed by atoms with Crippen LogP contribution in [0.1, 0.15) is 23.2 Å². The molecule has 0 aliphatic carbocycles. The highest BCUT2D eigenvalue weighted by Gasteiger charge is 2.10. The zero-order valence-electron chi connectivity index (χ0n) is 11.6. The number of hydrazine groups is 1. The van der Waals surface area contributed by atoms with Crippen LogP contribution in [0.4, 0.5) is 5.69 Å². The average Bonchev–Trinajstić information content (AvgIpc) is 2.96. The first kappa shape index (κ1) is 15.3. The van der Waals surface area contributed by atoms with Crippen LogP contribution >= 0.6 is 11.8 Å². The number of nitrogen functional groups attached to an aromatic ring is 2. The van der Waals surface area contributed by atoms with E-state index in [1.807, 2.05) is 30.5 Å². The lowest BCUT2D eigenvalue weighted by Crippen LogP contribution is -2.29. The van der Waals surface area contributed by atoms with E-state index in [2.05, 4.69) is 0 Å². The van der Waals surface area contributed by atoms with E-state index in [1.165, 1.54) is 11.8 Å². The van der Waals surface area contributed by atoms with Gasteiger partial charge >= 0.3 is 5.91 Å². The molecule has 0 bridgehead atoms. The van der Waals surface area contributed by atoms with Crippen LogP contribution in [0.15, 0.2) is 39.6 Å². The number of carbonyl (C=O) groups is 1. The fraction of sp³-hybridized carbons (Fsp3) is 0.214. The Balaban J connectivity index is 2.04. The quantitative estimate of drug-likeness (QED) is 0.248. The van der Waals surface area contributed by atoms with Gasteiger partial charge in [-0.2, -0.15) is 0 Å². The smallest absolute Gasteiger partial charge is 0.300 e. The molecular weight excluding hydrogens is 290 g/mol. The zero-order valence-corrected chi connectivity index (χ0v) is 12.4. The summed E-state index contributed by atoms with van der Waals surface area (Å²) in [5.74, 6) is 6.77. The van der Waals surface area contributed by atoms with E-state index in [1.54, 1.807) is 12.1 Å². The lowest BCUT2D eigenvalue weighted by Gasteiger charge is -2.08. The number of furan rings is 1. The third-order valence-electron chi connectivity index (χ3n) is 2.68. The lowest BCUT2D eigenvalue weighted by molar-refractivity contribution is 0.0924. The van der Waals surface area contributed by atoms with E-state index in [4.69, 9.17) is 20.7 Å². The largest absolute Gasteiger partial charge is 0.494 e. The van der Waals surface area contributed by atoms with Crippen LogP contribution < -0.4 is 21.7 Å². The highest BCUT2D eigenvalue weighted by atomic mass is 32.2. The molecule has 1 aromatic heterocycles. The number of hydrogen-bond donors (Lipinski definition) is 3. The molecule has 1 amide bonds. The maximum atomic E-state index is 11.3. The minimum Gasteiger partial charge on any atom is -0.494 e. The van der Waals surface area contributed by atoms with E-state index < -0.39 is 5.91 Å². The highest BCUT2D eigenvalue weighted by Crippen LogP contribution is 2.31. The predicted molar refractivity (Wildman–Crippen MR) is 81.9 cm³/mol. The minimum atomic E-state index is -0.455. The standard InChI is InChI=1S/C14H17N3O3S/c1-2-19-9-3-5-11(15)13(7-9)21-8-10-4-6-12(20-10)14(18)17-16/h3-7H,2,8,15-16H2,1H3,(H,17,18). The van der Waals surface area contributed by atoms with E-state index >= 15 is 0 Å². The zero-order chi connectivity index (χ0) is 15.2. The van der Waals surface area contributed by atoms with Crippen molar-refractivity contribution in [3.63, 3.8) is 0 Å². The van der Waals surface area contributed by atoms with Crippen LogP contribution in [0.5, 0.6) is 5.75 Å². The molecule has 7 heteroatoms. The third kappa shape index (κ3) is 3.93. The Labute approximate surface area is 126 Å². The Kier molecular flexibility index (Phi) is 5.13. The molecule has 2 rings (SSSR count). The monoisotopic (exact) mass is 307 g/mol. The number of nitrogens with two attached hydrogens (primary N) is 2. The number of amides is 1. The number of benzene rings is 1. The van der Waals surface area contributed by atoms with Gasteiger partial charge in [-0.15, -0.1) is 11.8 Å². The van der Waals surface area contributed by atoms with Crippen molar-refractivity contribution in [1.29, 1.82) is 0 Å². The minimum absolute atomic E-state index is 0.184. The molecule has 0 atom stereocenters. The highest BCUT2D eigenvalue weighted by molar-refractivity contribution is 7.98. The summed E-state index contributed by atoms with van der Waals surface area (Å²) in [6.07, 6.45) is 0. The second-order valence-corrected chi connectivity index (χ2v) is 5.18. The first-order chi connectivity index (χ1) is 10.1. The van der Waals surface area contributed by atoms with Crippen molar-refractivity contribution in [2.75, 3.05) is 12.3 Å². The fourth-order valence-electron chi connectivity index (χ4n) is 1.69. The van der Waals surface area contributed by atoms with E-state index in [-0.39, 0.29) is 5.76 Å². The van der Waals surface area contributed by atoms with Gasteiger partial charge in [0.1, 0.15) is 11.5 Å². The molecule has 0 saturated heterocycles. The van der Waals surface area contributed by atoms with E-state index in [0.29, 0.717) is 23.8 Å². The normalized spacial score (nSPS) is 10.4. The molecule has 0 spiro atoms. The van der Waals surface area contributed by atoms with Crippen molar-refractivity contribution in [2.45, 2.75) is 17.6 Å². The number of thioether (sulfide) groups is 1. The summed E-state index contributed by atoms with van der Waals surface area (Å²) in [5.41, 5.74) is 8.64. The molecule has 1 heterocycles. The molecule has 0 aliphatic heterocycles. The molecule has 0 aliphatic rings. The Morgan fingerprint density at radius 3 is 2.90 bits per heavy atom. The molecule has 0 fully saturated rings. The van der Waals surface area contributed by atoms with Crippen molar-refractivity contribution in [3.8, 4) is 5.75 Å². The number of anilines is 1. The lowest BCUT2D eigenvalue weighted by atomic mass is 10.3. The van der Waals surface area contributed by atoms with Gasteiger partial charge in [0.15, 0.2) is 5.76 Å². The van der Waals surface area contributed by atoms with Crippen LogP contribution in [0.3, 0.4) is 0 Å². The predicted octanol–water partition coefficient (Wildman–Crippen LogP) is 2.16. The van der Waals surface area contributed by atoms with Crippen LogP contribution in [0.2, 0.25) is 0 Å². The van der Waals surface area contributed by atoms with Gasteiger partial charge in [0, 0.05) is 10.6 Å². The molecule has 0 unspecified atom stereocenters. The summed E-state index contributed by atoms with van der Waals surface area (Å²) in [5, 5.41) is 0. The van der Waals surface area contributed by atoms with Gasteiger partial charge in [-0.05, 0) is 37.3 Å². The second-order valence-electron chi connectivity index (χ2n) is 4.16. The first-order valence-electron chi connectivity index (χ1n) is 6.38. The van der Waals surface area contributed by atoms with Crippen LogP contribution in [0, 0.1) is 0 Å². The van der Waals surface area contributed by atoms with Crippen molar-refractivity contribution < 1.29 is 13.9 Å². The van der Waals surface area contributed by atoms with Crippen LogP contribution in [0.25, 0.3) is 0 Å². The molecule has 1 aromatic carbocycles. The molecule has 0 radical (unpaired) electrons. The van der Waals surface area contributed by atoms with Gasteiger partial charge in [0.05, 0.1) is 12.4 Å². The Bertz CT molecular complexity index is 628. The molecule has 6 nitrogen and oxygen atoms in total. The molecule has 21 heavy (non-hydrogen) atoms. The molecule has 5 N–H and O–H groups in total. The number of nitrogens with one attached hydrogen (secondary N) is 1. The molecule has 2 aromatic rings. The first-order valence-corrected chi connectivity index (χ1v) is 7.37. The maximum absolute atomic E-state index is 11.3. The number of hydrogen-bond acceptors (Lipinski definition) is 6. The Morgan fingerprint density at radius 2 is 2.19 bits per heavy atom. The summed E-state index contributed by atoms with van der Waals surface area (Å²) < 4.78 is 10.8. The summed E-state index contributed by atoms with van der Waals surface area (Å²) in [7, 11) is 0. The van der Waals surface area contributed by atoms with Crippen molar-refractivity contribution >= 4 is 23.4 Å². The van der Waals surface area contributed by atoms with Crippen molar-refractivity contribution in [1.82, 2.24) is 5.43 Å². The molecule has 112 valence electrons. The van der Waals surface area contributed by atoms with E-state index in [9.17, 15) is 4.79 Å². The van der Waals surface area contributed by atoms with Crippen molar-refractivity contribution in [2.24, 2.45) is 5.84 Å². The topological polar surface area (TPSA) is 104 Å². The third-order valence-corrected chi connectivity index (χ3v) is 3.78. The molecular formula is C14H17N3O3S. The number of carbonyl (C=O) groups excluding carboxylic acids is 1. The van der Waals surface area contributed by atoms with Gasteiger partial charge in [-0.25, -0.2) is 5.84 Å². The summed E-state index contributed by atoms with van der Waals surface area (Å²) >= 11 is 1.51. The number of ether oxygens (including phenoxy) is 1. The van der Waals surface area contributed by atoms with Gasteiger partial charge in [-0.1, -0.05) is 0 Å². The number of rotatable bonds is 6. The summed E-state index contributed by atoms with van der Waals surface area (Å²) in [6.45, 7) is 2.53. The van der Waals surface area contributed by atoms with Gasteiger partial charge in [0.25, 0.3) is 0 Å². The van der Waals surface area contributed by atoms with Gasteiger partial charge in [0.2, 0.25) is 0 Å². The summed E-state index contributed by atoms with van der Waals surface area (Å²) in [4.78, 5) is 12.2. The SMILES string of the molecule is CCOc1ccc(N)c(SCc2ccc(C(=O)NN)o2)c1. The van der Waals surface area contributed by atoms with Gasteiger partial charge < -0.3 is 14.9 Å².